The fourth-order valence-corrected chi connectivity index (χ4v) is 3.72. The molecule has 1 aromatic heterocycles. The van der Waals surface area contributed by atoms with Crippen LogP contribution in [-0.2, 0) is 6.42 Å². The summed E-state index contributed by atoms with van der Waals surface area (Å²) < 4.78 is 1.16. The van der Waals surface area contributed by atoms with Gasteiger partial charge in [-0.15, -0.1) is 0 Å². The minimum atomic E-state index is -0.389. The van der Waals surface area contributed by atoms with Gasteiger partial charge in [0.25, 0.3) is 0 Å². The number of thiazole rings is 1. The van der Waals surface area contributed by atoms with Crippen molar-refractivity contribution in [2.24, 2.45) is 0 Å². The second-order valence-electron chi connectivity index (χ2n) is 5.08. The molecule has 4 rings (SSSR count). The topological polar surface area (TPSA) is 45.1 Å². The van der Waals surface area contributed by atoms with Gasteiger partial charge in [0, 0.05) is 6.42 Å². The number of aliphatic hydroxyl groups excluding tert-OH is 1. The second-order valence-corrected chi connectivity index (χ2v) is 6.11. The van der Waals surface area contributed by atoms with Gasteiger partial charge in [-0.2, -0.15) is 0 Å². The van der Waals surface area contributed by atoms with Crippen molar-refractivity contribution in [1.29, 1.82) is 0 Å². The Labute approximate surface area is 120 Å². The molecule has 3 aromatic rings. The minimum Gasteiger partial charge on any atom is -0.390 e. The van der Waals surface area contributed by atoms with Gasteiger partial charge in [-0.3, -0.25) is 0 Å². The summed E-state index contributed by atoms with van der Waals surface area (Å²) in [6.45, 7) is 0. The molecule has 0 amide bonds. The molecule has 4 heteroatoms. The molecule has 0 saturated carbocycles. The summed E-state index contributed by atoms with van der Waals surface area (Å²) in [6.07, 6.45) is 0.318. The van der Waals surface area contributed by atoms with Gasteiger partial charge >= 0.3 is 0 Å². The number of rotatable bonds is 2. The Morgan fingerprint density at radius 2 is 1.90 bits per heavy atom. The van der Waals surface area contributed by atoms with Crippen LogP contribution in [0.5, 0.6) is 0 Å². The van der Waals surface area contributed by atoms with Crippen molar-refractivity contribution in [3.63, 3.8) is 0 Å². The average molecular weight is 282 g/mol. The van der Waals surface area contributed by atoms with Crippen LogP contribution in [0.3, 0.4) is 0 Å². The molecule has 20 heavy (non-hydrogen) atoms. The molecule has 2 N–H and O–H groups in total. The molecule has 1 heterocycles. The Balaban J connectivity index is 1.68. The highest BCUT2D eigenvalue weighted by Gasteiger charge is 2.31. The number of fused-ring (bicyclic) bond motifs is 2. The van der Waals surface area contributed by atoms with Gasteiger partial charge in [-0.1, -0.05) is 47.7 Å². The number of nitrogens with zero attached hydrogens (tertiary/aromatic N) is 1. The number of aliphatic hydroxyl groups is 1. The number of nitrogens with one attached hydrogen (secondary N) is 1. The number of hydrogen-bond donors (Lipinski definition) is 2. The van der Waals surface area contributed by atoms with E-state index in [0.717, 1.165) is 15.3 Å². The van der Waals surface area contributed by atoms with E-state index < -0.39 is 0 Å². The minimum absolute atomic E-state index is 0.0632. The van der Waals surface area contributed by atoms with E-state index in [1.54, 1.807) is 11.3 Å². The molecular weight excluding hydrogens is 268 g/mol. The van der Waals surface area contributed by atoms with Crippen LogP contribution >= 0.6 is 11.3 Å². The molecule has 0 spiro atoms. The Bertz CT molecular complexity index is 735. The molecule has 1 aliphatic rings. The normalized spacial score (nSPS) is 21.1. The van der Waals surface area contributed by atoms with Gasteiger partial charge in [0.2, 0.25) is 0 Å². The monoisotopic (exact) mass is 282 g/mol. The first-order chi connectivity index (χ1) is 9.81. The molecule has 0 unspecified atom stereocenters. The third-order valence-electron chi connectivity index (χ3n) is 3.78. The quantitative estimate of drug-likeness (QED) is 0.757. The molecule has 100 valence electrons. The molecule has 2 atom stereocenters. The zero-order chi connectivity index (χ0) is 13.5. The van der Waals surface area contributed by atoms with Crippen LogP contribution in [0.1, 0.15) is 17.2 Å². The Kier molecular flexibility index (Phi) is 2.72. The van der Waals surface area contributed by atoms with Gasteiger partial charge in [0.15, 0.2) is 5.13 Å². The smallest absolute Gasteiger partial charge is 0.184 e. The summed E-state index contributed by atoms with van der Waals surface area (Å²) in [5, 5.41) is 14.5. The van der Waals surface area contributed by atoms with Crippen LogP contribution in [0.15, 0.2) is 48.5 Å². The maximum absolute atomic E-state index is 10.3. The van der Waals surface area contributed by atoms with Gasteiger partial charge in [-0.05, 0) is 23.3 Å². The summed E-state index contributed by atoms with van der Waals surface area (Å²) in [6, 6.07) is 16.2. The van der Waals surface area contributed by atoms with E-state index in [0.29, 0.717) is 6.42 Å². The summed E-state index contributed by atoms with van der Waals surface area (Å²) in [5.74, 6) is 0. The molecule has 2 aromatic carbocycles. The number of aromatic nitrogens is 1. The summed E-state index contributed by atoms with van der Waals surface area (Å²) in [7, 11) is 0. The fourth-order valence-electron chi connectivity index (χ4n) is 2.81. The predicted octanol–water partition coefficient (Wildman–Crippen LogP) is 3.37. The summed E-state index contributed by atoms with van der Waals surface area (Å²) in [4.78, 5) is 4.58. The fraction of sp³-hybridized carbons (Fsp3) is 0.188. The van der Waals surface area contributed by atoms with E-state index >= 15 is 0 Å². The van der Waals surface area contributed by atoms with Crippen LogP contribution in [-0.4, -0.2) is 16.2 Å². The predicted molar refractivity (Wildman–Crippen MR) is 82.1 cm³/mol. The maximum Gasteiger partial charge on any atom is 0.184 e. The molecule has 1 aliphatic carbocycles. The van der Waals surface area contributed by atoms with Gasteiger partial charge in [0.05, 0.1) is 22.4 Å². The van der Waals surface area contributed by atoms with E-state index in [-0.39, 0.29) is 12.1 Å². The van der Waals surface area contributed by atoms with Crippen LogP contribution < -0.4 is 5.32 Å². The maximum atomic E-state index is 10.3. The lowest BCUT2D eigenvalue weighted by Gasteiger charge is -2.16. The highest BCUT2D eigenvalue weighted by Crippen LogP contribution is 2.36. The van der Waals surface area contributed by atoms with Gasteiger partial charge < -0.3 is 10.4 Å². The lowest BCUT2D eigenvalue weighted by Crippen LogP contribution is -2.20. The zero-order valence-electron chi connectivity index (χ0n) is 10.8. The van der Waals surface area contributed by atoms with Gasteiger partial charge in [0.1, 0.15) is 0 Å². The van der Waals surface area contributed by atoms with E-state index in [2.05, 4.69) is 28.5 Å². The highest BCUT2D eigenvalue weighted by molar-refractivity contribution is 7.22. The second kappa shape index (κ2) is 4.58. The summed E-state index contributed by atoms with van der Waals surface area (Å²) >= 11 is 1.63. The number of para-hydroxylation sites is 1. The first kappa shape index (κ1) is 11.9. The Morgan fingerprint density at radius 3 is 2.80 bits per heavy atom. The van der Waals surface area contributed by atoms with E-state index in [9.17, 15) is 5.11 Å². The van der Waals surface area contributed by atoms with Crippen molar-refractivity contribution < 1.29 is 5.11 Å². The largest absolute Gasteiger partial charge is 0.390 e. The Hall–Kier alpha value is -1.91. The van der Waals surface area contributed by atoms with Crippen molar-refractivity contribution in [2.75, 3.05) is 5.32 Å². The SMILES string of the molecule is O[C@H]1Cc2ccccc2[C@H]1Nc1nc2ccccc2s1. The van der Waals surface area contributed by atoms with Crippen molar-refractivity contribution in [3.8, 4) is 0 Å². The first-order valence-corrected chi connectivity index (χ1v) is 7.51. The lowest BCUT2D eigenvalue weighted by atomic mass is 10.1. The third kappa shape index (κ3) is 1.88. The summed E-state index contributed by atoms with van der Waals surface area (Å²) in [5.41, 5.74) is 3.40. The van der Waals surface area contributed by atoms with Crippen molar-refractivity contribution >= 4 is 26.7 Å². The van der Waals surface area contributed by atoms with E-state index in [4.69, 9.17) is 0 Å². The third-order valence-corrected chi connectivity index (χ3v) is 4.74. The van der Waals surface area contributed by atoms with Crippen LogP contribution in [0.2, 0.25) is 0 Å². The van der Waals surface area contributed by atoms with E-state index in [1.165, 1.54) is 11.1 Å². The average Bonchev–Trinajstić information content (AvgIpc) is 3.00. The van der Waals surface area contributed by atoms with E-state index in [1.807, 2.05) is 30.3 Å². The number of hydrogen-bond acceptors (Lipinski definition) is 4. The highest BCUT2D eigenvalue weighted by atomic mass is 32.1. The van der Waals surface area contributed by atoms with Crippen LogP contribution in [0, 0.1) is 0 Å². The van der Waals surface area contributed by atoms with Crippen molar-refractivity contribution in [1.82, 2.24) is 4.98 Å². The molecule has 0 fully saturated rings. The van der Waals surface area contributed by atoms with Crippen LogP contribution in [0.25, 0.3) is 10.2 Å². The van der Waals surface area contributed by atoms with Crippen molar-refractivity contribution in [3.05, 3.63) is 59.7 Å². The molecular formula is C16H14N2OS. The van der Waals surface area contributed by atoms with Crippen LogP contribution in [0.4, 0.5) is 5.13 Å². The van der Waals surface area contributed by atoms with Gasteiger partial charge in [-0.25, -0.2) is 4.98 Å². The number of anilines is 1. The Morgan fingerprint density at radius 1 is 1.10 bits per heavy atom. The molecule has 0 radical (unpaired) electrons. The molecule has 0 aliphatic heterocycles. The number of benzene rings is 2. The molecule has 3 nitrogen and oxygen atoms in total. The standard InChI is InChI=1S/C16H14N2OS/c19-13-9-10-5-1-2-6-11(10)15(13)18-16-17-12-7-3-4-8-14(12)20-16/h1-8,13,15,19H,9H2,(H,17,18)/t13-,15+/m0/s1. The molecule has 0 bridgehead atoms. The zero-order valence-corrected chi connectivity index (χ0v) is 11.6. The van der Waals surface area contributed by atoms with Crippen molar-refractivity contribution in [2.45, 2.75) is 18.6 Å². The lowest BCUT2D eigenvalue weighted by molar-refractivity contribution is 0.166. The molecule has 0 saturated heterocycles. The first-order valence-electron chi connectivity index (χ1n) is 6.69.